The van der Waals surface area contributed by atoms with Crippen LogP contribution in [0, 0.1) is 0 Å². The van der Waals surface area contributed by atoms with Crippen molar-refractivity contribution in [3.05, 3.63) is 70.9 Å². The number of nitrogens with zero attached hydrogens (tertiary/aromatic N) is 2. The van der Waals surface area contributed by atoms with Gasteiger partial charge in [0.25, 0.3) is 11.8 Å². The molecule has 0 aliphatic carbocycles. The molecule has 8 heteroatoms. The van der Waals surface area contributed by atoms with E-state index in [0.717, 1.165) is 18.7 Å². The van der Waals surface area contributed by atoms with Gasteiger partial charge in [0.15, 0.2) is 0 Å². The lowest BCUT2D eigenvalue weighted by atomic mass is 10.1. The third-order valence-corrected chi connectivity index (χ3v) is 6.04. The van der Waals surface area contributed by atoms with Gasteiger partial charge in [-0.3, -0.25) is 14.5 Å². The molecule has 2 heterocycles. The summed E-state index contributed by atoms with van der Waals surface area (Å²) in [6.07, 6.45) is 0. The zero-order valence-electron chi connectivity index (χ0n) is 18.8. The average molecular weight is 449 g/mol. The first-order valence-corrected chi connectivity index (χ1v) is 11.0. The van der Waals surface area contributed by atoms with E-state index in [0.29, 0.717) is 35.6 Å². The Hall–Kier alpha value is -3.65. The lowest BCUT2D eigenvalue weighted by molar-refractivity contribution is 0.0463. The van der Waals surface area contributed by atoms with Crippen LogP contribution in [0.2, 0.25) is 0 Å². The molecule has 33 heavy (non-hydrogen) atoms. The van der Waals surface area contributed by atoms with E-state index >= 15 is 0 Å². The minimum Gasteiger partial charge on any atom is -0.456 e. The largest absolute Gasteiger partial charge is 0.456 e. The van der Waals surface area contributed by atoms with E-state index in [-0.39, 0.29) is 23.8 Å². The average Bonchev–Trinajstić information content (AvgIpc) is 3.22. The zero-order valence-corrected chi connectivity index (χ0v) is 18.8. The van der Waals surface area contributed by atoms with Gasteiger partial charge in [0.1, 0.15) is 12.3 Å². The van der Waals surface area contributed by atoms with Crippen molar-refractivity contribution in [3.8, 4) is 0 Å². The molecule has 1 saturated heterocycles. The third-order valence-electron chi connectivity index (χ3n) is 6.04. The number of amides is 2. The first kappa shape index (κ1) is 22.5. The fraction of sp³-hybridized carbons (Fsp3) is 0.320. The lowest BCUT2D eigenvalue weighted by Crippen LogP contribution is -2.50. The van der Waals surface area contributed by atoms with Gasteiger partial charge in [0.2, 0.25) is 0 Å². The maximum absolute atomic E-state index is 13.1. The molecule has 2 amide bonds. The van der Waals surface area contributed by atoms with Gasteiger partial charge in [0, 0.05) is 48.7 Å². The van der Waals surface area contributed by atoms with Gasteiger partial charge in [0.05, 0.1) is 5.56 Å². The van der Waals surface area contributed by atoms with Crippen molar-refractivity contribution in [2.45, 2.75) is 26.5 Å². The van der Waals surface area contributed by atoms with Crippen molar-refractivity contribution >= 4 is 28.7 Å². The second kappa shape index (κ2) is 9.46. The summed E-state index contributed by atoms with van der Waals surface area (Å²) in [5.74, 6) is -1.55. The summed E-state index contributed by atoms with van der Waals surface area (Å²) in [5, 5.41) is 0.431. The second-order valence-corrected chi connectivity index (χ2v) is 8.48. The zero-order chi connectivity index (χ0) is 23.5. The minimum atomic E-state index is -0.761. The number of ether oxygens (including phenoxy) is 1. The highest BCUT2D eigenvalue weighted by Crippen LogP contribution is 2.25. The molecular weight excluding hydrogens is 420 g/mol. The summed E-state index contributed by atoms with van der Waals surface area (Å²) in [4.78, 5) is 45.1. The molecule has 1 aliphatic rings. The molecule has 1 fully saturated rings. The van der Waals surface area contributed by atoms with Crippen LogP contribution in [0.5, 0.6) is 0 Å². The number of esters is 1. The van der Waals surface area contributed by atoms with E-state index in [4.69, 9.17) is 10.5 Å². The van der Waals surface area contributed by atoms with Crippen LogP contribution in [0.25, 0.3) is 10.9 Å². The summed E-state index contributed by atoms with van der Waals surface area (Å²) in [7, 11) is 0. The number of carbonyl (C=O) groups excluding carboxylic acids is 3. The Balaban J connectivity index is 1.57. The van der Waals surface area contributed by atoms with E-state index in [1.807, 2.05) is 35.2 Å². The van der Waals surface area contributed by atoms with Crippen molar-refractivity contribution in [1.82, 2.24) is 14.8 Å². The number of nitrogens with one attached hydrogen (secondary N) is 1. The molecule has 0 spiro atoms. The number of hydrogen-bond donors (Lipinski definition) is 2. The van der Waals surface area contributed by atoms with Crippen LogP contribution in [-0.4, -0.2) is 64.8 Å². The molecule has 2 aromatic carbocycles. The SMILES string of the molecule is CC(C)N1CCN(C(=O)c2ccc3[nH]c(C(=O)OCc4ccccc4)c(C(N)=O)c3c2)CC1. The Morgan fingerprint density at radius 1 is 1.03 bits per heavy atom. The predicted molar refractivity (Wildman–Crippen MR) is 125 cm³/mol. The topological polar surface area (TPSA) is 109 Å². The van der Waals surface area contributed by atoms with Crippen LogP contribution < -0.4 is 5.73 Å². The molecule has 0 bridgehead atoms. The number of aromatic nitrogens is 1. The molecule has 3 N–H and O–H groups in total. The first-order valence-electron chi connectivity index (χ1n) is 11.0. The number of piperazine rings is 1. The van der Waals surface area contributed by atoms with Gasteiger partial charge >= 0.3 is 5.97 Å². The third kappa shape index (κ3) is 4.75. The van der Waals surface area contributed by atoms with Gasteiger partial charge in [-0.25, -0.2) is 4.79 Å². The number of benzene rings is 2. The van der Waals surface area contributed by atoms with Gasteiger partial charge in [-0.1, -0.05) is 30.3 Å². The number of carbonyl (C=O) groups is 3. The van der Waals surface area contributed by atoms with Crippen LogP contribution in [0.3, 0.4) is 0 Å². The molecule has 1 aliphatic heterocycles. The Kier molecular flexibility index (Phi) is 6.46. The molecule has 172 valence electrons. The van der Waals surface area contributed by atoms with E-state index in [1.54, 1.807) is 18.2 Å². The van der Waals surface area contributed by atoms with Gasteiger partial charge in [-0.15, -0.1) is 0 Å². The van der Waals surface area contributed by atoms with Crippen LogP contribution in [0.1, 0.15) is 50.6 Å². The number of nitrogens with two attached hydrogens (primary N) is 1. The summed E-state index contributed by atoms with van der Waals surface area (Å²) >= 11 is 0. The van der Waals surface area contributed by atoms with Crippen molar-refractivity contribution in [2.24, 2.45) is 5.73 Å². The Bertz CT molecular complexity index is 1180. The number of fused-ring (bicyclic) bond motifs is 1. The Morgan fingerprint density at radius 3 is 2.36 bits per heavy atom. The fourth-order valence-electron chi connectivity index (χ4n) is 4.15. The Labute approximate surface area is 192 Å². The normalized spacial score (nSPS) is 14.6. The molecule has 1 aromatic heterocycles. The molecular formula is C25H28N4O4. The minimum absolute atomic E-state index is 0.0106. The number of H-pyrrole nitrogens is 1. The summed E-state index contributed by atoms with van der Waals surface area (Å²) in [5.41, 5.74) is 7.45. The fourth-order valence-corrected chi connectivity index (χ4v) is 4.15. The van der Waals surface area contributed by atoms with E-state index < -0.39 is 11.9 Å². The van der Waals surface area contributed by atoms with Gasteiger partial charge < -0.3 is 20.4 Å². The molecule has 4 rings (SSSR count). The van der Waals surface area contributed by atoms with Crippen LogP contribution in [0.15, 0.2) is 48.5 Å². The quantitative estimate of drug-likeness (QED) is 0.564. The first-order chi connectivity index (χ1) is 15.8. The number of hydrogen-bond acceptors (Lipinski definition) is 5. The summed E-state index contributed by atoms with van der Waals surface area (Å²) < 4.78 is 5.38. The predicted octanol–water partition coefficient (Wildman–Crippen LogP) is 2.79. The summed E-state index contributed by atoms with van der Waals surface area (Å²) in [6, 6.07) is 14.7. The van der Waals surface area contributed by atoms with Crippen molar-refractivity contribution in [2.75, 3.05) is 26.2 Å². The maximum atomic E-state index is 13.1. The van der Waals surface area contributed by atoms with Gasteiger partial charge in [-0.05, 0) is 37.6 Å². The monoisotopic (exact) mass is 448 g/mol. The number of primary amides is 1. The molecule has 0 unspecified atom stereocenters. The number of aromatic amines is 1. The smallest absolute Gasteiger partial charge is 0.355 e. The standard InChI is InChI=1S/C25H28N4O4/c1-16(2)28-10-12-29(13-11-28)24(31)18-8-9-20-19(14-18)21(23(26)30)22(27-20)25(32)33-15-17-6-4-3-5-7-17/h3-9,14,16,27H,10-13,15H2,1-2H3,(H2,26,30). The van der Waals surface area contributed by atoms with E-state index in [9.17, 15) is 14.4 Å². The number of rotatable bonds is 6. The molecule has 8 nitrogen and oxygen atoms in total. The van der Waals surface area contributed by atoms with Crippen LogP contribution >= 0.6 is 0 Å². The highest BCUT2D eigenvalue weighted by molar-refractivity contribution is 6.15. The van der Waals surface area contributed by atoms with E-state index in [2.05, 4.69) is 23.7 Å². The maximum Gasteiger partial charge on any atom is 0.355 e. The van der Waals surface area contributed by atoms with Gasteiger partial charge in [-0.2, -0.15) is 0 Å². The Morgan fingerprint density at radius 2 is 1.73 bits per heavy atom. The van der Waals surface area contributed by atoms with Crippen molar-refractivity contribution in [3.63, 3.8) is 0 Å². The highest BCUT2D eigenvalue weighted by atomic mass is 16.5. The van der Waals surface area contributed by atoms with Crippen molar-refractivity contribution in [1.29, 1.82) is 0 Å². The second-order valence-electron chi connectivity index (χ2n) is 8.48. The highest BCUT2D eigenvalue weighted by Gasteiger charge is 2.26. The molecule has 0 saturated carbocycles. The molecule has 0 atom stereocenters. The molecule has 3 aromatic rings. The lowest BCUT2D eigenvalue weighted by Gasteiger charge is -2.37. The van der Waals surface area contributed by atoms with Crippen molar-refractivity contribution < 1.29 is 19.1 Å². The van der Waals surface area contributed by atoms with Crippen LogP contribution in [0.4, 0.5) is 0 Å². The molecule has 0 radical (unpaired) electrons. The van der Waals surface area contributed by atoms with E-state index in [1.165, 1.54) is 0 Å². The summed E-state index contributed by atoms with van der Waals surface area (Å²) in [6.45, 7) is 7.28. The van der Waals surface area contributed by atoms with Crippen LogP contribution in [-0.2, 0) is 11.3 Å².